The molecule has 0 fully saturated rings. The molecule has 0 bridgehead atoms. The van der Waals surface area contributed by atoms with Gasteiger partial charge in [-0.1, -0.05) is 17.1 Å². The minimum atomic E-state index is -2.37. The van der Waals surface area contributed by atoms with Crippen LogP contribution in [0.1, 0.15) is 15.9 Å². The maximum absolute atomic E-state index is 11.6. The first-order chi connectivity index (χ1) is 8.95. The summed E-state index contributed by atoms with van der Waals surface area (Å²) in [7, 11) is 0. The zero-order valence-corrected chi connectivity index (χ0v) is 10.5. The standard InChI is InChI=1S/C10H12N2O6S/c13-4-3-11-10(14)8-2-1-7(6-19(17)18)5-9(8)12(15)16/h1-2,5,13H,3-4,6H2,(H,11,14)(H,17,18)/p-1. The number of carbonyl (C=O) groups excluding carboxylic acids is 1. The molecule has 0 aliphatic heterocycles. The van der Waals surface area contributed by atoms with Gasteiger partial charge < -0.3 is 15.0 Å². The van der Waals surface area contributed by atoms with Gasteiger partial charge in [-0.05, 0) is 11.6 Å². The van der Waals surface area contributed by atoms with Crippen LogP contribution in [0.2, 0.25) is 0 Å². The van der Waals surface area contributed by atoms with E-state index in [0.717, 1.165) is 6.07 Å². The van der Waals surface area contributed by atoms with Gasteiger partial charge >= 0.3 is 0 Å². The maximum atomic E-state index is 11.6. The molecule has 0 aliphatic rings. The van der Waals surface area contributed by atoms with E-state index in [0.29, 0.717) is 0 Å². The number of nitro groups is 1. The Kier molecular flexibility index (Phi) is 5.55. The topological polar surface area (TPSA) is 133 Å². The molecule has 9 heteroatoms. The van der Waals surface area contributed by atoms with Crippen LogP contribution in [-0.2, 0) is 16.8 Å². The molecule has 1 aromatic rings. The number of amides is 1. The van der Waals surface area contributed by atoms with Crippen LogP contribution in [0.25, 0.3) is 0 Å². The molecule has 0 spiro atoms. The summed E-state index contributed by atoms with van der Waals surface area (Å²) >= 11 is -2.37. The molecule has 1 atom stereocenters. The minimum Gasteiger partial charge on any atom is -0.772 e. The van der Waals surface area contributed by atoms with Crippen molar-refractivity contribution < 1.29 is 23.6 Å². The summed E-state index contributed by atoms with van der Waals surface area (Å²) in [5.41, 5.74) is -0.434. The predicted octanol–water partition coefficient (Wildman–Crippen LogP) is -0.304. The second-order valence-electron chi connectivity index (χ2n) is 3.54. The van der Waals surface area contributed by atoms with Gasteiger partial charge in [-0.2, -0.15) is 0 Å². The third kappa shape index (κ3) is 4.39. The number of aliphatic hydroxyl groups excluding tert-OH is 1. The molecule has 1 aromatic carbocycles. The summed E-state index contributed by atoms with van der Waals surface area (Å²) in [6.07, 6.45) is 0. The van der Waals surface area contributed by atoms with Gasteiger partial charge in [0, 0.05) is 18.4 Å². The monoisotopic (exact) mass is 287 g/mol. The van der Waals surface area contributed by atoms with Gasteiger partial charge in [-0.3, -0.25) is 19.1 Å². The van der Waals surface area contributed by atoms with Crippen LogP contribution in [0.3, 0.4) is 0 Å². The molecule has 0 heterocycles. The molecule has 0 radical (unpaired) electrons. The van der Waals surface area contributed by atoms with E-state index >= 15 is 0 Å². The van der Waals surface area contributed by atoms with Crippen LogP contribution in [0.5, 0.6) is 0 Å². The Morgan fingerprint density at radius 1 is 1.47 bits per heavy atom. The minimum absolute atomic E-state index is 0.0255. The highest BCUT2D eigenvalue weighted by atomic mass is 32.2. The first kappa shape index (κ1) is 15.2. The Morgan fingerprint density at radius 2 is 2.16 bits per heavy atom. The van der Waals surface area contributed by atoms with E-state index in [1.54, 1.807) is 0 Å². The lowest BCUT2D eigenvalue weighted by Gasteiger charge is -2.08. The second-order valence-corrected chi connectivity index (χ2v) is 4.43. The normalized spacial score (nSPS) is 11.9. The third-order valence-corrected chi connectivity index (χ3v) is 2.75. The van der Waals surface area contributed by atoms with Crippen LogP contribution >= 0.6 is 0 Å². The van der Waals surface area contributed by atoms with Crippen molar-refractivity contribution in [2.45, 2.75) is 5.75 Å². The smallest absolute Gasteiger partial charge is 0.282 e. The van der Waals surface area contributed by atoms with Crippen molar-refractivity contribution in [1.29, 1.82) is 0 Å². The van der Waals surface area contributed by atoms with Crippen molar-refractivity contribution in [3.63, 3.8) is 0 Å². The van der Waals surface area contributed by atoms with Crippen LogP contribution in [0.4, 0.5) is 5.69 Å². The fraction of sp³-hybridized carbons (Fsp3) is 0.300. The molecule has 0 saturated carbocycles. The van der Waals surface area contributed by atoms with Gasteiger partial charge in [0.15, 0.2) is 0 Å². The van der Waals surface area contributed by atoms with Crippen LogP contribution in [0, 0.1) is 10.1 Å². The van der Waals surface area contributed by atoms with E-state index in [1.807, 2.05) is 0 Å². The molecule has 8 nitrogen and oxygen atoms in total. The van der Waals surface area contributed by atoms with Crippen molar-refractivity contribution in [2.75, 3.05) is 13.2 Å². The lowest BCUT2D eigenvalue weighted by atomic mass is 10.1. The highest BCUT2D eigenvalue weighted by Gasteiger charge is 2.20. The van der Waals surface area contributed by atoms with Crippen molar-refractivity contribution in [3.05, 3.63) is 39.4 Å². The fourth-order valence-corrected chi connectivity index (χ4v) is 1.86. The SMILES string of the molecule is O=C(NCCO)c1ccc(CS(=O)[O-])cc1[N+](=O)[O-]. The van der Waals surface area contributed by atoms with Gasteiger partial charge in [0.25, 0.3) is 11.6 Å². The molecule has 0 aliphatic carbocycles. The highest BCUT2D eigenvalue weighted by Crippen LogP contribution is 2.21. The summed E-state index contributed by atoms with van der Waals surface area (Å²) < 4.78 is 21.1. The molecular formula is C10H11N2O6S-. The van der Waals surface area contributed by atoms with Crippen molar-refractivity contribution in [2.24, 2.45) is 0 Å². The average Bonchev–Trinajstić information content (AvgIpc) is 2.35. The van der Waals surface area contributed by atoms with E-state index in [1.165, 1.54) is 12.1 Å². The molecule has 0 saturated heterocycles. The number of nitro benzene ring substituents is 1. The Balaban J connectivity index is 3.07. The van der Waals surface area contributed by atoms with E-state index in [9.17, 15) is 23.7 Å². The van der Waals surface area contributed by atoms with Crippen LogP contribution < -0.4 is 5.32 Å². The zero-order valence-electron chi connectivity index (χ0n) is 9.70. The number of hydrogen-bond acceptors (Lipinski definition) is 6. The third-order valence-electron chi connectivity index (χ3n) is 2.19. The Hall–Kier alpha value is -1.84. The number of aliphatic hydroxyl groups is 1. The van der Waals surface area contributed by atoms with Gasteiger partial charge in [0.1, 0.15) is 5.56 Å². The molecule has 1 rings (SSSR count). The fourth-order valence-electron chi connectivity index (χ4n) is 1.41. The first-order valence-corrected chi connectivity index (χ1v) is 6.42. The molecule has 19 heavy (non-hydrogen) atoms. The molecule has 0 aromatic heterocycles. The number of nitrogens with zero attached hydrogens (tertiary/aromatic N) is 1. The summed E-state index contributed by atoms with van der Waals surface area (Å²) in [5.74, 6) is -1.06. The van der Waals surface area contributed by atoms with Gasteiger partial charge in [-0.15, -0.1) is 0 Å². The van der Waals surface area contributed by atoms with Gasteiger partial charge in [0.05, 0.1) is 11.5 Å². The van der Waals surface area contributed by atoms with E-state index in [2.05, 4.69) is 5.32 Å². The number of rotatable bonds is 6. The summed E-state index contributed by atoms with van der Waals surface area (Å²) in [6.45, 7) is -0.310. The maximum Gasteiger partial charge on any atom is 0.282 e. The van der Waals surface area contributed by atoms with Crippen LogP contribution in [0.15, 0.2) is 18.2 Å². The number of benzene rings is 1. The number of nitrogens with one attached hydrogen (secondary N) is 1. The lowest BCUT2D eigenvalue weighted by Crippen LogP contribution is -2.27. The molecular weight excluding hydrogens is 276 g/mol. The largest absolute Gasteiger partial charge is 0.772 e. The zero-order chi connectivity index (χ0) is 14.4. The number of carbonyl (C=O) groups is 1. The quantitative estimate of drug-likeness (QED) is 0.419. The average molecular weight is 287 g/mol. The van der Waals surface area contributed by atoms with Gasteiger partial charge in [-0.25, -0.2) is 0 Å². The Morgan fingerprint density at radius 3 is 2.68 bits per heavy atom. The lowest BCUT2D eigenvalue weighted by molar-refractivity contribution is -0.385. The predicted molar refractivity (Wildman–Crippen MR) is 65.1 cm³/mol. The first-order valence-electron chi connectivity index (χ1n) is 5.18. The van der Waals surface area contributed by atoms with E-state index in [-0.39, 0.29) is 30.0 Å². The molecule has 2 N–H and O–H groups in total. The van der Waals surface area contributed by atoms with Gasteiger partial charge in [0.2, 0.25) is 0 Å². The summed E-state index contributed by atoms with van der Waals surface area (Å²) in [5, 5.41) is 21.7. The Labute approximate surface area is 110 Å². The van der Waals surface area contributed by atoms with Crippen molar-refractivity contribution in [3.8, 4) is 0 Å². The van der Waals surface area contributed by atoms with Crippen LogP contribution in [-0.4, -0.2) is 37.9 Å². The van der Waals surface area contributed by atoms with E-state index in [4.69, 9.17) is 5.11 Å². The molecule has 1 amide bonds. The summed E-state index contributed by atoms with van der Waals surface area (Å²) in [6, 6.07) is 3.56. The summed E-state index contributed by atoms with van der Waals surface area (Å²) in [4.78, 5) is 21.7. The molecule has 1 unspecified atom stereocenters. The van der Waals surface area contributed by atoms with Crippen molar-refractivity contribution in [1.82, 2.24) is 5.32 Å². The van der Waals surface area contributed by atoms with Crippen molar-refractivity contribution >= 4 is 22.7 Å². The molecule has 104 valence electrons. The Bertz CT molecular complexity index is 519. The van der Waals surface area contributed by atoms with E-state index < -0.39 is 27.6 Å². The second kappa shape index (κ2) is 6.92. The number of hydrogen-bond donors (Lipinski definition) is 2. The highest BCUT2D eigenvalue weighted by molar-refractivity contribution is 7.78.